The van der Waals surface area contributed by atoms with Crippen molar-refractivity contribution in [2.24, 2.45) is 5.92 Å². The molecule has 2 saturated heterocycles. The summed E-state index contributed by atoms with van der Waals surface area (Å²) in [6, 6.07) is 22.4. The van der Waals surface area contributed by atoms with Gasteiger partial charge in [0.25, 0.3) is 5.91 Å². The molecule has 2 aliphatic rings. The molecule has 9 nitrogen and oxygen atoms in total. The van der Waals surface area contributed by atoms with Crippen molar-refractivity contribution >= 4 is 29.2 Å². The normalized spacial score (nSPS) is 24.0. The van der Waals surface area contributed by atoms with Crippen LogP contribution in [0, 0.1) is 5.92 Å². The first kappa shape index (κ1) is 33.1. The van der Waals surface area contributed by atoms with E-state index in [2.05, 4.69) is 17.1 Å². The van der Waals surface area contributed by atoms with Crippen molar-refractivity contribution in [3.63, 3.8) is 0 Å². The number of carbonyl (C=O) groups is 2. The van der Waals surface area contributed by atoms with Gasteiger partial charge in [0.15, 0.2) is 12.4 Å². The Kier molecular flexibility index (Phi) is 10.6. The third kappa shape index (κ3) is 8.10. The van der Waals surface area contributed by atoms with Crippen LogP contribution in [0.2, 0.25) is 5.02 Å². The molecule has 1 amide bonds. The lowest BCUT2D eigenvalue weighted by Crippen LogP contribution is -2.49. The van der Waals surface area contributed by atoms with Gasteiger partial charge in [-0.3, -0.25) is 9.59 Å². The van der Waals surface area contributed by atoms with Crippen molar-refractivity contribution in [3.8, 4) is 0 Å². The molecule has 2 aliphatic heterocycles. The van der Waals surface area contributed by atoms with E-state index >= 15 is 0 Å². The molecule has 3 aromatic rings. The summed E-state index contributed by atoms with van der Waals surface area (Å²) in [4.78, 5) is 25.9. The molecule has 2 heterocycles. The van der Waals surface area contributed by atoms with Gasteiger partial charge in [0, 0.05) is 48.7 Å². The third-order valence-electron chi connectivity index (χ3n) is 8.79. The van der Waals surface area contributed by atoms with Crippen molar-refractivity contribution in [2.45, 2.75) is 70.4 Å². The van der Waals surface area contributed by atoms with Crippen LogP contribution in [0.15, 0.2) is 72.8 Å². The summed E-state index contributed by atoms with van der Waals surface area (Å²) in [6.45, 7) is 6.98. The van der Waals surface area contributed by atoms with Crippen LogP contribution in [0.1, 0.15) is 68.3 Å². The maximum absolute atomic E-state index is 12.4. The number of esters is 1. The van der Waals surface area contributed by atoms with Gasteiger partial charge in [0.2, 0.25) is 0 Å². The summed E-state index contributed by atoms with van der Waals surface area (Å²) in [5.41, 5.74) is 3.17. The maximum atomic E-state index is 12.4. The van der Waals surface area contributed by atoms with Crippen LogP contribution < -0.4 is 5.32 Å². The van der Waals surface area contributed by atoms with Gasteiger partial charge in [-0.2, -0.15) is 0 Å². The van der Waals surface area contributed by atoms with Crippen molar-refractivity contribution < 1.29 is 34.0 Å². The quantitative estimate of drug-likeness (QED) is 0.264. The van der Waals surface area contributed by atoms with Gasteiger partial charge < -0.3 is 34.6 Å². The largest absolute Gasteiger partial charge is 0.453 e. The van der Waals surface area contributed by atoms with E-state index < -0.39 is 29.9 Å². The molecular formula is C35H41ClN2O7. The first-order chi connectivity index (χ1) is 21.5. The van der Waals surface area contributed by atoms with Crippen LogP contribution in [0.5, 0.6) is 0 Å². The Balaban J connectivity index is 1.30. The molecule has 0 aromatic heterocycles. The van der Waals surface area contributed by atoms with Crippen molar-refractivity contribution in [2.75, 3.05) is 25.0 Å². The number of halogens is 1. The second kappa shape index (κ2) is 14.4. The summed E-state index contributed by atoms with van der Waals surface area (Å²) in [5, 5.41) is 24.3. The number of benzene rings is 3. The number of carbonyl (C=O) groups excluding carboxylic acids is 2. The molecular weight excluding hydrogens is 596 g/mol. The molecule has 0 unspecified atom stereocenters. The Morgan fingerprint density at radius 2 is 1.62 bits per heavy atom. The summed E-state index contributed by atoms with van der Waals surface area (Å²) in [5.74, 6) is -0.932. The van der Waals surface area contributed by atoms with Gasteiger partial charge in [0.05, 0.1) is 24.4 Å². The first-order valence-electron chi connectivity index (χ1n) is 15.3. The Hall–Kier alpha value is -3.31. The summed E-state index contributed by atoms with van der Waals surface area (Å²) in [7, 11) is 0. The molecule has 45 heavy (non-hydrogen) atoms. The summed E-state index contributed by atoms with van der Waals surface area (Å²) < 4.78 is 18.1. The predicted molar refractivity (Wildman–Crippen MR) is 170 cm³/mol. The van der Waals surface area contributed by atoms with E-state index in [4.69, 9.17) is 25.8 Å². The summed E-state index contributed by atoms with van der Waals surface area (Å²) in [6.07, 6.45) is -0.799. The predicted octanol–water partition coefficient (Wildman–Crippen LogP) is 5.50. The highest BCUT2D eigenvalue weighted by atomic mass is 35.5. The molecule has 10 heteroatoms. The van der Waals surface area contributed by atoms with Crippen molar-refractivity contribution in [3.05, 3.63) is 100 Å². The highest BCUT2D eigenvalue weighted by Gasteiger charge is 2.41. The topological polar surface area (TPSA) is 118 Å². The fraction of sp³-hybridized carbons (Fsp3) is 0.429. The van der Waals surface area contributed by atoms with E-state index in [1.807, 2.05) is 60.7 Å². The smallest absolute Gasteiger partial charge is 0.303 e. The van der Waals surface area contributed by atoms with E-state index in [0.29, 0.717) is 43.2 Å². The zero-order valence-electron chi connectivity index (χ0n) is 25.8. The minimum absolute atomic E-state index is 0.0135. The molecule has 0 spiro atoms. The Bertz CT molecular complexity index is 1440. The Labute approximate surface area is 269 Å². The average Bonchev–Trinajstić information content (AvgIpc) is 3.03. The van der Waals surface area contributed by atoms with Crippen molar-refractivity contribution in [1.29, 1.82) is 0 Å². The number of piperidine rings is 1. The van der Waals surface area contributed by atoms with Gasteiger partial charge in [-0.25, -0.2) is 0 Å². The van der Waals surface area contributed by atoms with E-state index in [9.17, 15) is 19.8 Å². The second-order valence-corrected chi connectivity index (χ2v) is 12.5. The lowest BCUT2D eigenvalue weighted by Gasteiger charge is -2.45. The SMILES string of the molecule is CC(=O)O[C@@H](C)C(=O)Nc1ccc([C@H]2O[C@@H](CN3CCC(O)(c4ccc(Cl)cc4)CC3)[C@@H](C)[C@@H](c3ccc(CO)cc3)O2)cc1. The highest BCUT2D eigenvalue weighted by Crippen LogP contribution is 2.43. The molecule has 0 saturated carbocycles. The van der Waals surface area contributed by atoms with E-state index in [-0.39, 0.29) is 24.7 Å². The van der Waals surface area contributed by atoms with E-state index in [1.165, 1.54) is 13.8 Å². The van der Waals surface area contributed by atoms with Crippen molar-refractivity contribution in [1.82, 2.24) is 4.90 Å². The molecule has 240 valence electrons. The second-order valence-electron chi connectivity index (χ2n) is 12.0. The number of hydrogen-bond acceptors (Lipinski definition) is 8. The molecule has 5 atom stereocenters. The number of hydrogen-bond donors (Lipinski definition) is 3. The number of likely N-dealkylation sites (tertiary alicyclic amines) is 1. The van der Waals surface area contributed by atoms with Crippen LogP contribution in [-0.2, 0) is 36.0 Å². The van der Waals surface area contributed by atoms with Gasteiger partial charge in [0.1, 0.15) is 0 Å². The molecule has 0 aliphatic carbocycles. The molecule has 3 N–H and O–H groups in total. The average molecular weight is 637 g/mol. The number of rotatable bonds is 9. The fourth-order valence-electron chi connectivity index (χ4n) is 6.01. The zero-order chi connectivity index (χ0) is 32.1. The van der Waals surface area contributed by atoms with Crippen LogP contribution in [0.25, 0.3) is 0 Å². The lowest BCUT2D eigenvalue weighted by molar-refractivity contribution is -0.277. The number of anilines is 1. The Morgan fingerprint density at radius 3 is 2.22 bits per heavy atom. The first-order valence-corrected chi connectivity index (χ1v) is 15.7. The van der Waals surface area contributed by atoms with Gasteiger partial charge in [-0.05, 0) is 60.7 Å². The van der Waals surface area contributed by atoms with Crippen LogP contribution in [0.3, 0.4) is 0 Å². The fourth-order valence-corrected chi connectivity index (χ4v) is 6.13. The van der Waals surface area contributed by atoms with Gasteiger partial charge in [-0.1, -0.05) is 67.1 Å². The van der Waals surface area contributed by atoms with E-state index in [0.717, 1.165) is 22.3 Å². The Morgan fingerprint density at radius 1 is 1.00 bits per heavy atom. The number of nitrogens with zero attached hydrogens (tertiary/aromatic N) is 1. The highest BCUT2D eigenvalue weighted by molar-refractivity contribution is 6.30. The van der Waals surface area contributed by atoms with Crippen LogP contribution in [-0.4, -0.2) is 58.8 Å². The van der Waals surface area contributed by atoms with Gasteiger partial charge >= 0.3 is 5.97 Å². The number of nitrogens with one attached hydrogen (secondary N) is 1. The number of ether oxygens (including phenoxy) is 3. The monoisotopic (exact) mass is 636 g/mol. The lowest BCUT2D eigenvalue weighted by atomic mass is 9.84. The number of aliphatic hydroxyl groups excluding tert-OH is 1. The molecule has 3 aromatic carbocycles. The molecule has 2 fully saturated rings. The maximum Gasteiger partial charge on any atom is 0.303 e. The number of amides is 1. The van der Waals surface area contributed by atoms with Gasteiger partial charge in [-0.15, -0.1) is 0 Å². The van der Waals surface area contributed by atoms with E-state index in [1.54, 1.807) is 12.1 Å². The minimum atomic E-state index is -0.913. The zero-order valence-corrected chi connectivity index (χ0v) is 26.6. The molecule has 0 bridgehead atoms. The summed E-state index contributed by atoms with van der Waals surface area (Å²) >= 11 is 6.07. The molecule has 0 radical (unpaired) electrons. The standard InChI is InChI=1S/C35H41ClN2O7/c1-22-31(20-38-18-16-35(42,17-19-38)28-10-12-29(36)13-11-28)44-34(45-32(22)26-6-4-25(21-39)5-7-26)27-8-14-30(15-9-27)37-33(41)23(2)43-24(3)40/h4-15,22-23,31-32,34,39,42H,16-21H2,1-3H3,(H,37,41)/t22-,23+,31+,32+,34+/m1/s1. The number of aliphatic hydroxyl groups is 2. The van der Waals surface area contributed by atoms with Crippen LogP contribution in [0.4, 0.5) is 5.69 Å². The third-order valence-corrected chi connectivity index (χ3v) is 9.04. The molecule has 5 rings (SSSR count). The minimum Gasteiger partial charge on any atom is -0.453 e. The van der Waals surface area contributed by atoms with Crippen LogP contribution >= 0.6 is 11.6 Å².